The number of nitrogens with zero attached hydrogens (tertiary/aromatic N) is 1. The fourth-order valence-corrected chi connectivity index (χ4v) is 4.83. The van der Waals surface area contributed by atoms with Gasteiger partial charge in [0.2, 0.25) is 0 Å². The Balaban J connectivity index is 2.38. The van der Waals surface area contributed by atoms with Gasteiger partial charge in [-0.3, -0.25) is 4.31 Å². The van der Waals surface area contributed by atoms with E-state index in [9.17, 15) is 8.42 Å². The van der Waals surface area contributed by atoms with Crippen molar-refractivity contribution in [1.82, 2.24) is 5.32 Å². The van der Waals surface area contributed by atoms with Gasteiger partial charge in [0.15, 0.2) is 0 Å². The molecular formula is C14H18N2O2S2. The fourth-order valence-electron chi connectivity index (χ4n) is 1.86. The third-order valence-corrected chi connectivity index (χ3v) is 6.54. The zero-order chi connectivity index (χ0) is 14.8. The number of hydrogen-bond donors (Lipinski definition) is 1. The summed E-state index contributed by atoms with van der Waals surface area (Å²) in [6.07, 6.45) is 0. The summed E-state index contributed by atoms with van der Waals surface area (Å²) in [5.74, 6) is 0. The molecule has 0 radical (unpaired) electrons. The first kappa shape index (κ1) is 15.0. The van der Waals surface area contributed by atoms with Gasteiger partial charge in [-0.2, -0.15) is 0 Å². The summed E-state index contributed by atoms with van der Waals surface area (Å²) in [5, 5.41) is 3.05. The van der Waals surface area contributed by atoms with E-state index in [4.69, 9.17) is 0 Å². The van der Waals surface area contributed by atoms with Crippen LogP contribution in [-0.4, -0.2) is 22.5 Å². The molecule has 6 heteroatoms. The Kier molecular flexibility index (Phi) is 4.47. The lowest BCUT2D eigenvalue weighted by Crippen LogP contribution is -2.25. The van der Waals surface area contributed by atoms with Gasteiger partial charge in [-0.05, 0) is 37.7 Å². The molecule has 0 saturated heterocycles. The number of rotatable bonds is 5. The Bertz CT molecular complexity index is 678. The molecule has 1 N–H and O–H groups in total. The summed E-state index contributed by atoms with van der Waals surface area (Å²) in [7, 11) is -0.0565. The predicted octanol–water partition coefficient (Wildman–Crippen LogP) is 2.60. The van der Waals surface area contributed by atoms with Crippen molar-refractivity contribution in [3.8, 4) is 0 Å². The molecule has 4 nitrogen and oxygen atoms in total. The summed E-state index contributed by atoms with van der Waals surface area (Å²) in [6.45, 7) is 2.62. The Morgan fingerprint density at radius 1 is 1.25 bits per heavy atom. The monoisotopic (exact) mass is 310 g/mol. The van der Waals surface area contributed by atoms with E-state index in [-0.39, 0.29) is 0 Å². The van der Waals surface area contributed by atoms with Crippen LogP contribution in [-0.2, 0) is 16.6 Å². The molecule has 0 spiro atoms. The van der Waals surface area contributed by atoms with Crippen LogP contribution in [0.25, 0.3) is 0 Å². The van der Waals surface area contributed by atoms with Gasteiger partial charge in [0, 0.05) is 18.5 Å². The summed E-state index contributed by atoms with van der Waals surface area (Å²) >= 11 is 1.32. The Morgan fingerprint density at radius 2 is 1.90 bits per heavy atom. The average molecular weight is 310 g/mol. The summed E-state index contributed by atoms with van der Waals surface area (Å²) < 4.78 is 26.9. The highest BCUT2D eigenvalue weighted by molar-refractivity contribution is 7.94. The molecule has 1 heterocycles. The van der Waals surface area contributed by atoms with E-state index in [1.54, 1.807) is 25.2 Å². The van der Waals surface area contributed by atoms with Crippen molar-refractivity contribution in [3.63, 3.8) is 0 Å². The second kappa shape index (κ2) is 5.95. The third kappa shape index (κ3) is 2.87. The van der Waals surface area contributed by atoms with Gasteiger partial charge in [0.05, 0.1) is 5.69 Å². The number of sulfonamides is 1. The molecule has 0 bridgehead atoms. The molecule has 20 heavy (non-hydrogen) atoms. The van der Waals surface area contributed by atoms with Crippen LogP contribution in [0.3, 0.4) is 0 Å². The van der Waals surface area contributed by atoms with Gasteiger partial charge < -0.3 is 5.32 Å². The highest BCUT2D eigenvalue weighted by Gasteiger charge is 2.24. The van der Waals surface area contributed by atoms with Crippen molar-refractivity contribution in [2.24, 2.45) is 0 Å². The van der Waals surface area contributed by atoms with E-state index >= 15 is 0 Å². The number of anilines is 1. The number of benzene rings is 1. The van der Waals surface area contributed by atoms with E-state index in [0.717, 1.165) is 10.4 Å². The summed E-state index contributed by atoms with van der Waals surface area (Å²) in [6, 6.07) is 10.8. The average Bonchev–Trinajstić information content (AvgIpc) is 2.81. The van der Waals surface area contributed by atoms with E-state index in [0.29, 0.717) is 16.4 Å². The molecule has 0 amide bonds. The van der Waals surface area contributed by atoms with E-state index in [1.165, 1.54) is 15.6 Å². The van der Waals surface area contributed by atoms with Crippen LogP contribution in [0.1, 0.15) is 10.4 Å². The second-order valence-corrected chi connectivity index (χ2v) is 7.84. The largest absolute Gasteiger partial charge is 0.315 e. The predicted molar refractivity (Wildman–Crippen MR) is 83.9 cm³/mol. The molecule has 0 aliphatic rings. The van der Waals surface area contributed by atoms with Crippen LogP contribution >= 0.6 is 11.3 Å². The lowest BCUT2D eigenvalue weighted by atomic mass is 10.3. The normalized spacial score (nSPS) is 11.6. The maximum absolute atomic E-state index is 12.6. The van der Waals surface area contributed by atoms with Gasteiger partial charge in [0.1, 0.15) is 4.21 Å². The van der Waals surface area contributed by atoms with Crippen molar-refractivity contribution in [1.29, 1.82) is 0 Å². The molecular weight excluding hydrogens is 292 g/mol. The lowest BCUT2D eigenvalue weighted by molar-refractivity contribution is 0.596. The van der Waals surface area contributed by atoms with Crippen molar-refractivity contribution in [3.05, 3.63) is 46.8 Å². The zero-order valence-corrected chi connectivity index (χ0v) is 13.4. The standard InChI is InChI=1S/C14H18N2O2S2/c1-11-9-14(19-13(11)10-15-2)20(17,18)16(3)12-7-5-4-6-8-12/h4-9,15H,10H2,1-3H3. The van der Waals surface area contributed by atoms with Crippen LogP contribution in [0.5, 0.6) is 0 Å². The van der Waals surface area contributed by atoms with Gasteiger partial charge >= 0.3 is 0 Å². The Labute approximate surface area is 124 Å². The summed E-state index contributed by atoms with van der Waals surface area (Å²) in [4.78, 5) is 1.05. The zero-order valence-electron chi connectivity index (χ0n) is 11.8. The maximum atomic E-state index is 12.6. The molecule has 0 atom stereocenters. The molecule has 2 rings (SSSR count). The third-order valence-electron chi connectivity index (χ3n) is 3.07. The van der Waals surface area contributed by atoms with Gasteiger partial charge in [-0.15, -0.1) is 11.3 Å². The SMILES string of the molecule is CNCc1sc(S(=O)(=O)N(C)c2ccccc2)cc1C. The molecule has 1 aromatic heterocycles. The number of para-hydroxylation sites is 1. The van der Waals surface area contributed by atoms with Gasteiger partial charge in [0.25, 0.3) is 10.0 Å². The molecule has 2 aromatic rings. The van der Waals surface area contributed by atoms with Crippen LogP contribution in [0.15, 0.2) is 40.6 Å². The van der Waals surface area contributed by atoms with Crippen molar-refractivity contribution in [2.75, 3.05) is 18.4 Å². The molecule has 108 valence electrons. The highest BCUT2D eigenvalue weighted by Crippen LogP contribution is 2.30. The molecule has 0 aliphatic heterocycles. The van der Waals surface area contributed by atoms with E-state index < -0.39 is 10.0 Å². The number of aryl methyl sites for hydroxylation is 1. The maximum Gasteiger partial charge on any atom is 0.273 e. The smallest absolute Gasteiger partial charge is 0.273 e. The quantitative estimate of drug-likeness (QED) is 0.923. The van der Waals surface area contributed by atoms with Crippen molar-refractivity contribution in [2.45, 2.75) is 17.7 Å². The van der Waals surface area contributed by atoms with Gasteiger partial charge in [-0.25, -0.2) is 8.42 Å². The first-order chi connectivity index (χ1) is 9.46. The number of nitrogens with one attached hydrogen (secondary N) is 1. The first-order valence-corrected chi connectivity index (χ1v) is 8.50. The first-order valence-electron chi connectivity index (χ1n) is 6.24. The van der Waals surface area contributed by atoms with Crippen molar-refractivity contribution < 1.29 is 8.42 Å². The van der Waals surface area contributed by atoms with E-state index in [2.05, 4.69) is 5.32 Å². The van der Waals surface area contributed by atoms with Crippen LogP contribution in [0.2, 0.25) is 0 Å². The highest BCUT2D eigenvalue weighted by atomic mass is 32.2. The molecule has 0 unspecified atom stereocenters. The molecule has 1 aromatic carbocycles. The fraction of sp³-hybridized carbons (Fsp3) is 0.286. The topological polar surface area (TPSA) is 49.4 Å². The van der Waals surface area contributed by atoms with Crippen LogP contribution in [0, 0.1) is 6.92 Å². The second-order valence-electron chi connectivity index (χ2n) is 4.51. The number of hydrogen-bond acceptors (Lipinski definition) is 4. The lowest BCUT2D eigenvalue weighted by Gasteiger charge is -2.18. The molecule has 0 fully saturated rings. The van der Waals surface area contributed by atoms with E-state index in [1.807, 2.05) is 32.2 Å². The molecule has 0 aliphatic carbocycles. The Morgan fingerprint density at radius 3 is 2.50 bits per heavy atom. The van der Waals surface area contributed by atoms with Crippen molar-refractivity contribution >= 4 is 27.0 Å². The molecule has 0 saturated carbocycles. The minimum absolute atomic E-state index is 0.381. The number of thiophene rings is 1. The Hall–Kier alpha value is -1.37. The van der Waals surface area contributed by atoms with Gasteiger partial charge in [-0.1, -0.05) is 18.2 Å². The minimum Gasteiger partial charge on any atom is -0.315 e. The summed E-state index contributed by atoms with van der Waals surface area (Å²) in [5.41, 5.74) is 1.66. The minimum atomic E-state index is -3.49. The van der Waals surface area contributed by atoms with Crippen LogP contribution < -0.4 is 9.62 Å². The van der Waals surface area contributed by atoms with Crippen LogP contribution in [0.4, 0.5) is 5.69 Å².